The van der Waals surface area contributed by atoms with Gasteiger partial charge in [-0.2, -0.15) is 0 Å². The standard InChI is InChI=1S/2C35H56N8O6.3Cu/c2*44-33(45)21-13-20-22(24(35(48)49)23(21)34(46)47)32-42-30-19-12-6-5-11-18(19)28(40-30)38-26-15-8-2-1-7-14(15)25(36-26)37-27-16-9-3-4-10-17(16)29(39-27)41-31(20)43-32;;;/h2*14-32,36-43H,1-13H2,(H,44,45)(H,46,47)(H,48,49);;;/q;;3*+2/p-6. The van der Waals surface area contributed by atoms with Gasteiger partial charge in [0.15, 0.2) is 0 Å². The number of hydrogen-bond donors (Lipinski definition) is 16. The van der Waals surface area contributed by atoms with Crippen molar-refractivity contribution in [2.24, 2.45) is 130 Å². The van der Waals surface area contributed by atoms with Crippen LogP contribution in [0.25, 0.3) is 0 Å². The van der Waals surface area contributed by atoms with Crippen molar-refractivity contribution in [2.75, 3.05) is 0 Å². The van der Waals surface area contributed by atoms with Crippen molar-refractivity contribution in [1.82, 2.24) is 85.1 Å². The zero-order chi connectivity index (χ0) is 67.1. The quantitative estimate of drug-likeness (QED) is 0.110. The summed E-state index contributed by atoms with van der Waals surface area (Å²) in [6.07, 6.45) is 26.3. The number of rotatable bonds is 6. The first-order valence-corrected chi connectivity index (χ1v) is 39.0. The molecule has 101 heavy (non-hydrogen) atoms. The molecular formula is C70H106Cu3N16O12. The van der Waals surface area contributed by atoms with E-state index in [-0.39, 0.29) is 138 Å². The third-order valence-corrected chi connectivity index (χ3v) is 30.0. The summed E-state index contributed by atoms with van der Waals surface area (Å²) in [5.41, 5.74) is 0. The molecule has 38 unspecified atom stereocenters. The van der Waals surface area contributed by atoms with Gasteiger partial charge in [0.1, 0.15) is 0 Å². The van der Waals surface area contributed by atoms with Crippen LogP contribution < -0.4 is 116 Å². The Morgan fingerprint density at radius 2 is 0.327 bits per heavy atom. The van der Waals surface area contributed by atoms with E-state index in [0.717, 1.165) is 77.0 Å². The van der Waals surface area contributed by atoms with Crippen LogP contribution in [0.15, 0.2) is 0 Å². The average Bonchev–Trinajstić information content (AvgIpc) is 1.61. The van der Waals surface area contributed by atoms with Gasteiger partial charge in [-0.3, -0.25) is 85.1 Å². The van der Waals surface area contributed by atoms with Crippen LogP contribution in [0.1, 0.15) is 167 Å². The predicted octanol–water partition coefficient (Wildman–Crippen LogP) is -6.94. The van der Waals surface area contributed by atoms with Crippen molar-refractivity contribution in [1.29, 1.82) is 0 Å². The van der Waals surface area contributed by atoms with Crippen molar-refractivity contribution >= 4 is 35.8 Å². The molecule has 3 radical (unpaired) electrons. The number of carboxylic acid groups (broad SMARTS) is 6. The third-order valence-electron chi connectivity index (χ3n) is 30.0. The zero-order valence-electron chi connectivity index (χ0n) is 57.1. The molecule has 0 aromatic heterocycles. The van der Waals surface area contributed by atoms with E-state index in [0.29, 0.717) is 71.0 Å². The Kier molecular flexibility index (Phi) is 23.2. The minimum atomic E-state index is -1.74. The molecule has 10 heterocycles. The van der Waals surface area contributed by atoms with Crippen molar-refractivity contribution < 1.29 is 111 Å². The van der Waals surface area contributed by atoms with Crippen molar-refractivity contribution in [3.05, 3.63) is 0 Å². The van der Waals surface area contributed by atoms with Gasteiger partial charge in [-0.25, -0.2) is 0 Å². The monoisotopic (exact) mass is 1550 g/mol. The fourth-order valence-corrected chi connectivity index (χ4v) is 25.9. The van der Waals surface area contributed by atoms with Gasteiger partial charge in [-0.05, 0) is 173 Å². The molecule has 18 fully saturated rings. The summed E-state index contributed by atoms with van der Waals surface area (Å²) < 4.78 is 0. The average molecular weight is 1550 g/mol. The van der Waals surface area contributed by atoms with E-state index in [4.69, 9.17) is 0 Å². The predicted molar refractivity (Wildman–Crippen MR) is 338 cm³/mol. The second kappa shape index (κ2) is 31.0. The number of carbonyl (C=O) groups is 6. The molecule has 28 nitrogen and oxygen atoms in total. The Morgan fingerprint density at radius 3 is 0.465 bits per heavy atom. The number of carboxylic acids is 6. The molecule has 10 saturated heterocycles. The molecule has 31 heteroatoms. The van der Waals surface area contributed by atoms with Gasteiger partial charge < -0.3 is 59.4 Å². The van der Waals surface area contributed by atoms with Crippen LogP contribution in [0.5, 0.6) is 0 Å². The minimum absolute atomic E-state index is 0. The Bertz CT molecular complexity index is 2830. The summed E-state index contributed by atoms with van der Waals surface area (Å²) in [6, 6.07) is 0. The van der Waals surface area contributed by atoms with Crippen molar-refractivity contribution in [3.8, 4) is 0 Å². The molecule has 0 amide bonds. The number of carbonyl (C=O) groups excluding carboxylic acids is 6. The minimum Gasteiger partial charge on any atom is -0.550 e. The molecule has 8 aliphatic carbocycles. The summed E-state index contributed by atoms with van der Waals surface area (Å²) in [5.74, 6) is -16.4. The molecular weight excluding hydrogens is 1450 g/mol. The Labute approximate surface area is 623 Å². The maximum absolute atomic E-state index is 12.9. The normalized spacial score (nSPS) is 51.9. The van der Waals surface area contributed by atoms with Gasteiger partial charge in [0.05, 0.1) is 98.7 Å². The third kappa shape index (κ3) is 13.7. The molecule has 0 aromatic rings. The van der Waals surface area contributed by atoms with Gasteiger partial charge in [-0.15, -0.1) is 0 Å². The second-order valence-electron chi connectivity index (χ2n) is 34.2. The van der Waals surface area contributed by atoms with E-state index in [1.54, 1.807) is 0 Å². The fourth-order valence-electron chi connectivity index (χ4n) is 25.9. The maximum Gasteiger partial charge on any atom is 2.00 e. The van der Waals surface area contributed by atoms with Gasteiger partial charge in [0, 0.05) is 83.2 Å². The van der Waals surface area contributed by atoms with Gasteiger partial charge in [0.2, 0.25) is 0 Å². The summed E-state index contributed by atoms with van der Waals surface area (Å²) in [5, 5.41) is 138. The van der Waals surface area contributed by atoms with Crippen LogP contribution in [0.3, 0.4) is 0 Å². The molecule has 38 atom stereocenters. The van der Waals surface area contributed by atoms with Crippen LogP contribution >= 0.6 is 0 Å². The molecule has 0 aromatic carbocycles. The fraction of sp³-hybridized carbons (Fsp3) is 0.914. The van der Waals surface area contributed by atoms with E-state index in [9.17, 15) is 59.4 Å². The number of fused-ring (bicyclic) bond motifs is 40. The van der Waals surface area contributed by atoms with Crippen molar-refractivity contribution in [3.63, 3.8) is 0 Å². The molecule has 16 N–H and O–H groups in total. The molecule has 10 aliphatic heterocycles. The largest absolute Gasteiger partial charge is 2.00 e. The topological polar surface area (TPSA) is 433 Å². The molecule has 571 valence electrons. The molecule has 18 aliphatic rings. The van der Waals surface area contributed by atoms with E-state index >= 15 is 0 Å². The SMILES string of the molecule is O=C([O-])C1CC2C3NC4NC(NC5NC(NC6NC(NC(N3)C2C(C(=O)[O-])C1C(=O)[O-])C1CCCCC61)C1CCCCC51)C1CCCCC41.O=C([O-])C1CC2C3NC4NC(NC5NC(NC6NC(NC(N3)C2C(C(=O)[O-])C1C(=O)[O-])C1CCCCC61)C1CCCCC51)C1CCCCC41.[Cu+2].[Cu+2].[Cu+2]. The van der Waals surface area contributed by atoms with E-state index in [1.807, 2.05) is 0 Å². The smallest absolute Gasteiger partial charge is 0.550 e. The number of nitrogens with one attached hydrogen (secondary N) is 16. The van der Waals surface area contributed by atoms with Gasteiger partial charge in [0.25, 0.3) is 0 Å². The number of hydrogen-bond acceptors (Lipinski definition) is 28. The van der Waals surface area contributed by atoms with E-state index in [2.05, 4.69) is 85.1 Å². The first-order chi connectivity index (χ1) is 47.5. The van der Waals surface area contributed by atoms with Crippen LogP contribution in [-0.4, -0.2) is 134 Å². The van der Waals surface area contributed by atoms with Crippen molar-refractivity contribution in [2.45, 2.75) is 266 Å². The Hall–Kier alpha value is -2.26. The van der Waals surface area contributed by atoms with Crippen LogP contribution in [-0.2, 0) is 80.0 Å². The Balaban J connectivity index is 0.000000167. The Morgan fingerprint density at radius 1 is 0.188 bits per heavy atom. The summed E-state index contributed by atoms with van der Waals surface area (Å²) >= 11 is 0. The van der Waals surface area contributed by atoms with Crippen LogP contribution in [0, 0.1) is 130 Å². The summed E-state index contributed by atoms with van der Waals surface area (Å²) in [7, 11) is 0. The first-order valence-electron chi connectivity index (χ1n) is 39.0. The first kappa shape index (κ1) is 75.5. The molecule has 16 bridgehead atoms. The van der Waals surface area contributed by atoms with E-state index < -0.39 is 120 Å². The summed E-state index contributed by atoms with van der Waals surface area (Å²) in [6.45, 7) is 0. The van der Waals surface area contributed by atoms with Crippen LogP contribution in [0.4, 0.5) is 0 Å². The maximum atomic E-state index is 12.9. The zero-order valence-corrected chi connectivity index (χ0v) is 60.0. The van der Waals surface area contributed by atoms with Crippen LogP contribution in [0.2, 0.25) is 0 Å². The molecule has 0 spiro atoms. The van der Waals surface area contributed by atoms with Gasteiger partial charge >= 0.3 is 51.2 Å². The number of aliphatic carboxylic acids is 6. The van der Waals surface area contributed by atoms with Gasteiger partial charge in [-0.1, -0.05) is 77.0 Å². The molecule has 8 saturated carbocycles. The summed E-state index contributed by atoms with van der Waals surface area (Å²) in [4.78, 5) is 75.6. The second-order valence-corrected chi connectivity index (χ2v) is 34.2. The molecule has 18 rings (SSSR count). The van der Waals surface area contributed by atoms with E-state index in [1.165, 1.54) is 77.0 Å².